The molecule has 1 saturated carbocycles. The second-order valence-electron chi connectivity index (χ2n) is 7.54. The second-order valence-corrected chi connectivity index (χ2v) is 7.54. The lowest BCUT2D eigenvalue weighted by Gasteiger charge is -2.49. The predicted octanol–water partition coefficient (Wildman–Crippen LogP) is 5.53. The number of benzene rings is 2. The van der Waals surface area contributed by atoms with E-state index in [-0.39, 0.29) is 5.60 Å². The highest BCUT2D eigenvalue weighted by molar-refractivity contribution is 5.88. The maximum atomic E-state index is 6.43. The number of hydrogen-bond acceptors (Lipinski definition) is 1. The topological polar surface area (TPSA) is 9.23 Å². The molecular formula is C20H24O. The van der Waals surface area contributed by atoms with E-state index in [1.54, 1.807) is 0 Å². The molecule has 1 aliphatic carbocycles. The van der Waals surface area contributed by atoms with Crippen LogP contribution in [0.15, 0.2) is 36.4 Å². The third-order valence-electron chi connectivity index (χ3n) is 5.68. The molecule has 0 radical (unpaired) electrons. The van der Waals surface area contributed by atoms with Crippen molar-refractivity contribution in [3.8, 4) is 5.75 Å². The van der Waals surface area contributed by atoms with Crippen LogP contribution in [-0.4, -0.2) is 5.60 Å². The first kappa shape index (κ1) is 13.2. The normalized spacial score (nSPS) is 30.3. The van der Waals surface area contributed by atoms with Gasteiger partial charge in [-0.05, 0) is 55.4 Å². The zero-order chi connectivity index (χ0) is 14.6. The zero-order valence-electron chi connectivity index (χ0n) is 13.2. The Morgan fingerprint density at radius 2 is 1.86 bits per heavy atom. The van der Waals surface area contributed by atoms with Gasteiger partial charge >= 0.3 is 0 Å². The molecule has 1 nitrogen and oxygen atoms in total. The lowest BCUT2D eigenvalue weighted by atomic mass is 9.64. The van der Waals surface area contributed by atoms with Gasteiger partial charge in [0, 0.05) is 11.5 Å². The molecule has 110 valence electrons. The van der Waals surface area contributed by atoms with Gasteiger partial charge in [0.1, 0.15) is 11.4 Å². The van der Waals surface area contributed by atoms with E-state index in [0.717, 1.165) is 11.7 Å². The van der Waals surface area contributed by atoms with Gasteiger partial charge in [0.15, 0.2) is 0 Å². The van der Waals surface area contributed by atoms with Gasteiger partial charge in [0.25, 0.3) is 0 Å². The molecule has 1 aliphatic heterocycles. The van der Waals surface area contributed by atoms with Crippen molar-refractivity contribution in [1.29, 1.82) is 0 Å². The molecule has 0 spiro atoms. The van der Waals surface area contributed by atoms with E-state index in [4.69, 9.17) is 4.74 Å². The van der Waals surface area contributed by atoms with E-state index in [0.29, 0.717) is 11.8 Å². The number of hydrogen-bond donors (Lipinski definition) is 0. The van der Waals surface area contributed by atoms with Crippen molar-refractivity contribution in [3.63, 3.8) is 0 Å². The molecule has 2 aromatic rings. The van der Waals surface area contributed by atoms with Gasteiger partial charge in [-0.2, -0.15) is 0 Å². The molecule has 3 unspecified atom stereocenters. The average molecular weight is 280 g/mol. The molecule has 2 aliphatic rings. The molecule has 0 bridgehead atoms. The zero-order valence-corrected chi connectivity index (χ0v) is 13.2. The molecule has 21 heavy (non-hydrogen) atoms. The van der Waals surface area contributed by atoms with Gasteiger partial charge in [0.2, 0.25) is 0 Å². The van der Waals surface area contributed by atoms with Crippen LogP contribution < -0.4 is 4.74 Å². The van der Waals surface area contributed by atoms with Crippen molar-refractivity contribution in [3.05, 3.63) is 42.0 Å². The van der Waals surface area contributed by atoms with Crippen LogP contribution in [0.2, 0.25) is 0 Å². The summed E-state index contributed by atoms with van der Waals surface area (Å²) in [6, 6.07) is 13.2. The van der Waals surface area contributed by atoms with Gasteiger partial charge in [-0.1, -0.05) is 43.7 Å². The summed E-state index contributed by atoms with van der Waals surface area (Å²) in [4.78, 5) is 0. The summed E-state index contributed by atoms with van der Waals surface area (Å²) >= 11 is 0. The fourth-order valence-corrected chi connectivity index (χ4v) is 4.64. The Hall–Kier alpha value is -1.50. The highest BCUT2D eigenvalue weighted by atomic mass is 16.5. The Morgan fingerprint density at radius 1 is 1.05 bits per heavy atom. The van der Waals surface area contributed by atoms with Crippen LogP contribution >= 0.6 is 0 Å². The Balaban J connectivity index is 1.95. The first-order chi connectivity index (χ1) is 10.1. The number of ether oxygens (including phenoxy) is 1. The van der Waals surface area contributed by atoms with Crippen molar-refractivity contribution in [2.45, 2.75) is 51.6 Å². The quantitative estimate of drug-likeness (QED) is 0.616. The molecular weight excluding hydrogens is 256 g/mol. The minimum absolute atomic E-state index is 0.0414. The third-order valence-corrected chi connectivity index (χ3v) is 5.68. The first-order valence-electron chi connectivity index (χ1n) is 8.27. The van der Waals surface area contributed by atoms with Gasteiger partial charge in [0.05, 0.1) is 0 Å². The summed E-state index contributed by atoms with van der Waals surface area (Å²) in [6.07, 6.45) is 3.94. The van der Waals surface area contributed by atoms with Crippen molar-refractivity contribution < 1.29 is 4.74 Å². The molecule has 0 aromatic heterocycles. The van der Waals surface area contributed by atoms with Crippen LogP contribution in [0.1, 0.15) is 51.5 Å². The van der Waals surface area contributed by atoms with E-state index in [1.807, 2.05) is 0 Å². The fraction of sp³-hybridized carbons (Fsp3) is 0.500. The van der Waals surface area contributed by atoms with Crippen LogP contribution in [0.3, 0.4) is 0 Å². The summed E-state index contributed by atoms with van der Waals surface area (Å²) in [5.74, 6) is 3.24. The molecule has 0 amide bonds. The van der Waals surface area contributed by atoms with E-state index in [9.17, 15) is 0 Å². The van der Waals surface area contributed by atoms with E-state index < -0.39 is 0 Å². The van der Waals surface area contributed by atoms with Crippen LogP contribution in [0, 0.1) is 11.8 Å². The van der Waals surface area contributed by atoms with Crippen LogP contribution in [0.25, 0.3) is 10.8 Å². The van der Waals surface area contributed by atoms with E-state index in [2.05, 4.69) is 57.2 Å². The Kier molecular flexibility index (Phi) is 2.82. The van der Waals surface area contributed by atoms with Crippen molar-refractivity contribution >= 4 is 10.8 Å². The van der Waals surface area contributed by atoms with Gasteiger partial charge in [-0.3, -0.25) is 0 Å². The molecule has 3 atom stereocenters. The van der Waals surface area contributed by atoms with Crippen LogP contribution in [0.5, 0.6) is 5.75 Å². The lowest BCUT2D eigenvalue weighted by molar-refractivity contribution is -0.0128. The molecule has 2 aromatic carbocycles. The van der Waals surface area contributed by atoms with E-state index in [1.165, 1.54) is 35.6 Å². The largest absolute Gasteiger partial charge is 0.487 e. The Bertz CT molecular complexity index is 685. The maximum absolute atomic E-state index is 6.43. The monoisotopic (exact) mass is 280 g/mol. The minimum atomic E-state index is -0.0414. The number of fused-ring (bicyclic) bond motifs is 5. The second kappa shape index (κ2) is 4.50. The summed E-state index contributed by atoms with van der Waals surface area (Å²) in [6.45, 7) is 6.96. The minimum Gasteiger partial charge on any atom is -0.487 e. The standard InChI is InChI=1S/C20H24O/c1-13-8-10-17-16(12-13)19-15-7-5-4-6-14(15)9-11-18(19)21-20(17,2)3/h4-7,9,11,13,16-17H,8,10,12H2,1-3H3. The van der Waals surface area contributed by atoms with Crippen molar-refractivity contribution in [1.82, 2.24) is 0 Å². The third kappa shape index (κ3) is 1.97. The van der Waals surface area contributed by atoms with E-state index >= 15 is 0 Å². The molecule has 4 rings (SSSR count). The summed E-state index contributed by atoms with van der Waals surface area (Å²) in [5, 5.41) is 2.74. The van der Waals surface area contributed by atoms with Crippen LogP contribution in [-0.2, 0) is 0 Å². The smallest absolute Gasteiger partial charge is 0.124 e. The highest BCUT2D eigenvalue weighted by Gasteiger charge is 2.46. The highest BCUT2D eigenvalue weighted by Crippen LogP contribution is 2.54. The lowest BCUT2D eigenvalue weighted by Crippen LogP contribution is -2.46. The van der Waals surface area contributed by atoms with Crippen LogP contribution in [0.4, 0.5) is 0 Å². The van der Waals surface area contributed by atoms with Gasteiger partial charge < -0.3 is 4.74 Å². The SMILES string of the molecule is CC1CCC2C(C1)c1c(ccc3ccccc13)OC2(C)C. The molecule has 0 saturated heterocycles. The Labute approximate surface area is 127 Å². The van der Waals surface area contributed by atoms with Crippen molar-refractivity contribution in [2.75, 3.05) is 0 Å². The molecule has 0 N–H and O–H groups in total. The summed E-state index contributed by atoms with van der Waals surface area (Å²) in [7, 11) is 0. The summed E-state index contributed by atoms with van der Waals surface area (Å²) < 4.78 is 6.43. The maximum Gasteiger partial charge on any atom is 0.124 e. The van der Waals surface area contributed by atoms with Gasteiger partial charge in [-0.25, -0.2) is 0 Å². The Morgan fingerprint density at radius 3 is 2.71 bits per heavy atom. The predicted molar refractivity (Wildman–Crippen MR) is 87.9 cm³/mol. The molecule has 1 fully saturated rings. The van der Waals surface area contributed by atoms with Crippen molar-refractivity contribution in [2.24, 2.45) is 11.8 Å². The average Bonchev–Trinajstić information content (AvgIpc) is 2.45. The molecule has 1 heteroatoms. The molecule has 1 heterocycles. The number of rotatable bonds is 0. The fourth-order valence-electron chi connectivity index (χ4n) is 4.64. The first-order valence-corrected chi connectivity index (χ1v) is 8.27. The van der Waals surface area contributed by atoms with Gasteiger partial charge in [-0.15, -0.1) is 0 Å². The summed E-state index contributed by atoms with van der Waals surface area (Å²) in [5.41, 5.74) is 1.43.